The third-order valence-corrected chi connectivity index (χ3v) is 13.5. The molecule has 5 N–H and O–H groups in total. The third kappa shape index (κ3) is 6.44. The first-order valence-corrected chi connectivity index (χ1v) is 17.8. The number of carbonyl (C=O) groups is 2. The largest absolute Gasteiger partial charge is 0.393 e. The van der Waals surface area contributed by atoms with Gasteiger partial charge in [0.15, 0.2) is 0 Å². The topological polar surface area (TPSA) is 126 Å². The number of alkyl halides is 1. The van der Waals surface area contributed by atoms with Crippen molar-refractivity contribution < 1.29 is 24.3 Å². The van der Waals surface area contributed by atoms with Crippen molar-refractivity contribution in [2.45, 2.75) is 114 Å². The molecule has 9 nitrogen and oxygen atoms in total. The van der Waals surface area contributed by atoms with Gasteiger partial charge in [-0.2, -0.15) is 5.06 Å². The molecule has 5 aliphatic carbocycles. The van der Waals surface area contributed by atoms with Crippen LogP contribution in [0.2, 0.25) is 0 Å². The average Bonchev–Trinajstić information content (AvgIpc) is 3.35. The first-order chi connectivity index (χ1) is 20.4. The van der Waals surface area contributed by atoms with Gasteiger partial charge in [-0.1, -0.05) is 43.1 Å². The zero-order valence-corrected chi connectivity index (χ0v) is 28.7. The molecule has 1 saturated heterocycles. The maximum atomic E-state index is 14.1. The van der Waals surface area contributed by atoms with Crippen LogP contribution in [-0.4, -0.2) is 84.5 Å². The minimum absolute atomic E-state index is 0.00355. The summed E-state index contributed by atoms with van der Waals surface area (Å²) >= 11 is 3.85. The number of aliphatic hydroxyl groups excluding tert-OH is 1. The highest BCUT2D eigenvalue weighted by molar-refractivity contribution is 9.09. The summed E-state index contributed by atoms with van der Waals surface area (Å²) in [7, 11) is 3.52. The van der Waals surface area contributed by atoms with Crippen LogP contribution in [0.1, 0.15) is 79.1 Å². The summed E-state index contributed by atoms with van der Waals surface area (Å²) in [4.78, 5) is 33.5. The Morgan fingerprint density at radius 1 is 1.16 bits per heavy atom. The van der Waals surface area contributed by atoms with Gasteiger partial charge in [0.05, 0.1) is 18.3 Å². The quantitative estimate of drug-likeness (QED) is 0.277. The van der Waals surface area contributed by atoms with Gasteiger partial charge < -0.3 is 26.2 Å². The van der Waals surface area contributed by atoms with Gasteiger partial charge in [-0.3, -0.25) is 14.4 Å². The first kappa shape index (κ1) is 33.6. The van der Waals surface area contributed by atoms with Crippen LogP contribution in [0.25, 0.3) is 0 Å². The number of hydroxylamine groups is 2. The fraction of sp³-hybridized carbons (Fsp3) is 0.939. The molecular weight excluding hydrogens is 612 g/mol. The second-order valence-electron chi connectivity index (χ2n) is 15.2. The van der Waals surface area contributed by atoms with Crippen LogP contribution in [0.3, 0.4) is 0 Å². The van der Waals surface area contributed by atoms with E-state index in [0.29, 0.717) is 46.4 Å². The van der Waals surface area contributed by atoms with Gasteiger partial charge >= 0.3 is 0 Å². The zero-order chi connectivity index (χ0) is 31.2. The average molecular weight is 670 g/mol. The highest BCUT2D eigenvalue weighted by Crippen LogP contribution is 2.61. The van der Waals surface area contributed by atoms with E-state index in [1.165, 1.54) is 6.42 Å². The van der Waals surface area contributed by atoms with Crippen molar-refractivity contribution in [3.63, 3.8) is 0 Å². The van der Waals surface area contributed by atoms with Gasteiger partial charge in [0, 0.05) is 55.9 Å². The van der Waals surface area contributed by atoms with E-state index in [-0.39, 0.29) is 42.3 Å². The standard InChI is InChI=1S/C33H57BrN4O5/c1-17-25-13-22(33(25,3)4)14-26(17)37-32(41)29-28(18(2)39)27(15-35)43-38(29)16-19-8-7-9-24(30(19)42-6)20-10-21(31(40)36-5)12-23(34)11-20/h17-30,39H,7-16,35H2,1-6H3,(H,36,40)(H,37,41)/t17-,18-,19?,20?,21?,22+,23?,24?,25-,26?,27-,28-,29?,30?/m0/s1. The number of rotatable bonds is 9. The van der Waals surface area contributed by atoms with Gasteiger partial charge in [-0.25, -0.2) is 0 Å². The molecule has 14 atom stereocenters. The Labute approximate surface area is 267 Å². The Morgan fingerprint density at radius 3 is 2.51 bits per heavy atom. The Balaban J connectivity index is 1.32. The van der Waals surface area contributed by atoms with E-state index in [2.05, 4.69) is 47.3 Å². The Kier molecular flexibility index (Phi) is 10.6. The van der Waals surface area contributed by atoms with E-state index in [0.717, 1.165) is 44.9 Å². The van der Waals surface area contributed by atoms with Crippen LogP contribution in [0, 0.1) is 52.8 Å². The number of hydrogen-bond donors (Lipinski definition) is 4. The summed E-state index contributed by atoms with van der Waals surface area (Å²) in [6.07, 6.45) is 7.02. The molecule has 0 spiro atoms. The van der Waals surface area contributed by atoms with E-state index in [9.17, 15) is 14.7 Å². The fourth-order valence-electron chi connectivity index (χ4n) is 10.2. The van der Waals surface area contributed by atoms with Crippen LogP contribution >= 0.6 is 15.9 Å². The Morgan fingerprint density at radius 2 is 1.91 bits per heavy atom. The molecule has 246 valence electrons. The summed E-state index contributed by atoms with van der Waals surface area (Å²) in [5.74, 6) is 2.25. The van der Waals surface area contributed by atoms with Crippen molar-refractivity contribution in [3.8, 4) is 0 Å². The molecule has 0 aromatic carbocycles. The van der Waals surface area contributed by atoms with E-state index in [1.807, 2.05) is 5.06 Å². The lowest BCUT2D eigenvalue weighted by atomic mass is 9.45. The highest BCUT2D eigenvalue weighted by Gasteiger charge is 2.57. The summed E-state index contributed by atoms with van der Waals surface area (Å²) < 4.78 is 6.26. The molecular formula is C33H57BrN4O5. The molecule has 0 aromatic heterocycles. The number of aliphatic hydroxyl groups is 1. The highest BCUT2D eigenvalue weighted by atomic mass is 79.9. The Hall–Kier alpha value is -0.780. The molecule has 0 aromatic rings. The summed E-state index contributed by atoms with van der Waals surface area (Å²) in [5.41, 5.74) is 6.50. The summed E-state index contributed by atoms with van der Waals surface area (Å²) in [5, 5.41) is 19.0. The van der Waals surface area contributed by atoms with Crippen molar-refractivity contribution in [2.75, 3.05) is 27.2 Å². The van der Waals surface area contributed by atoms with Crippen LogP contribution in [-0.2, 0) is 19.2 Å². The van der Waals surface area contributed by atoms with E-state index >= 15 is 0 Å². The lowest BCUT2D eigenvalue weighted by molar-refractivity contribution is -0.186. The number of methoxy groups -OCH3 is 1. The lowest BCUT2D eigenvalue weighted by Gasteiger charge is -2.62. The molecule has 1 aliphatic heterocycles. The molecule has 2 bridgehead atoms. The van der Waals surface area contributed by atoms with Crippen LogP contribution in [0.4, 0.5) is 0 Å². The minimum Gasteiger partial charge on any atom is -0.393 e. The van der Waals surface area contributed by atoms with Gasteiger partial charge in [-0.15, -0.1) is 0 Å². The lowest BCUT2D eigenvalue weighted by Crippen LogP contribution is -2.62. The SMILES string of the molecule is CNC(=O)C1CC(Br)CC(C2CCCC(CN3O[C@@H](CN)[C@H]([C@H](C)O)C3C(=O)NC3C[C@H]4C[C@@H]([C@@H]3C)C4(C)C)C2OC)C1. The number of carbonyl (C=O) groups excluding carboxylic acids is 2. The maximum absolute atomic E-state index is 14.1. The predicted molar refractivity (Wildman–Crippen MR) is 170 cm³/mol. The van der Waals surface area contributed by atoms with Crippen molar-refractivity contribution in [2.24, 2.45) is 58.5 Å². The molecule has 10 heteroatoms. The number of fused-ring (bicyclic) bond motifs is 2. The van der Waals surface area contributed by atoms with Crippen molar-refractivity contribution in [3.05, 3.63) is 0 Å². The van der Waals surface area contributed by atoms with Crippen LogP contribution in [0.5, 0.6) is 0 Å². The molecule has 0 radical (unpaired) electrons. The molecule has 1 heterocycles. The number of ether oxygens (including phenoxy) is 1. The monoisotopic (exact) mass is 668 g/mol. The molecule has 5 saturated carbocycles. The predicted octanol–water partition coefficient (Wildman–Crippen LogP) is 3.47. The number of amides is 2. The van der Waals surface area contributed by atoms with E-state index in [4.69, 9.17) is 15.3 Å². The van der Waals surface area contributed by atoms with Gasteiger partial charge in [0.2, 0.25) is 11.8 Å². The number of nitrogens with one attached hydrogen (secondary N) is 2. The normalized spacial score (nSPS) is 45.2. The zero-order valence-electron chi connectivity index (χ0n) is 27.1. The Bertz CT molecular complexity index is 998. The van der Waals surface area contributed by atoms with Crippen molar-refractivity contribution in [1.29, 1.82) is 0 Å². The van der Waals surface area contributed by atoms with Crippen LogP contribution < -0.4 is 16.4 Å². The molecule has 6 fully saturated rings. The molecule has 8 unspecified atom stereocenters. The number of hydrogen-bond acceptors (Lipinski definition) is 7. The number of nitrogens with two attached hydrogens (primary N) is 1. The van der Waals surface area contributed by atoms with Gasteiger partial charge in [-0.05, 0) is 86.9 Å². The molecule has 2 amide bonds. The molecule has 43 heavy (non-hydrogen) atoms. The van der Waals surface area contributed by atoms with Gasteiger partial charge in [0.1, 0.15) is 6.04 Å². The second kappa shape index (κ2) is 13.5. The third-order valence-electron chi connectivity index (χ3n) is 12.7. The second-order valence-corrected chi connectivity index (χ2v) is 16.5. The number of nitrogens with zero attached hydrogens (tertiary/aromatic N) is 1. The van der Waals surface area contributed by atoms with Gasteiger partial charge in [0.25, 0.3) is 0 Å². The maximum Gasteiger partial charge on any atom is 0.240 e. The summed E-state index contributed by atoms with van der Waals surface area (Å²) in [6.45, 7) is 9.57. The fourth-order valence-corrected chi connectivity index (χ4v) is 11.1. The van der Waals surface area contributed by atoms with E-state index < -0.39 is 24.2 Å². The van der Waals surface area contributed by atoms with Crippen molar-refractivity contribution >= 4 is 27.7 Å². The van der Waals surface area contributed by atoms with Crippen molar-refractivity contribution in [1.82, 2.24) is 15.7 Å². The first-order valence-electron chi connectivity index (χ1n) is 16.9. The number of halogens is 1. The summed E-state index contributed by atoms with van der Waals surface area (Å²) in [6, 6.07) is -0.468. The minimum atomic E-state index is -0.734. The smallest absolute Gasteiger partial charge is 0.240 e. The van der Waals surface area contributed by atoms with E-state index in [1.54, 1.807) is 21.1 Å². The molecule has 6 aliphatic rings. The molecule has 6 rings (SSSR count). The van der Waals surface area contributed by atoms with Crippen LogP contribution in [0.15, 0.2) is 0 Å².